The van der Waals surface area contributed by atoms with Crippen molar-refractivity contribution in [2.75, 3.05) is 26.4 Å². The Balaban J connectivity index is 2.09. The SMILES string of the molecule is NCCO[C@H]1O[C@H](CO)[C@@H](O[C@@H]2O[C@H](CO)[C@@H](O)[C@H](O)[C@H]2O)[C@H](O)[C@H]1O. The van der Waals surface area contributed by atoms with Gasteiger partial charge in [0, 0.05) is 6.54 Å². The van der Waals surface area contributed by atoms with Gasteiger partial charge >= 0.3 is 0 Å². The van der Waals surface area contributed by atoms with Crippen molar-refractivity contribution in [2.24, 2.45) is 5.73 Å². The van der Waals surface area contributed by atoms with Crippen LogP contribution in [0.3, 0.4) is 0 Å². The Morgan fingerprint density at radius 1 is 0.731 bits per heavy atom. The summed E-state index contributed by atoms with van der Waals surface area (Å²) in [5, 5.41) is 68.6. The second-order valence-corrected chi connectivity index (χ2v) is 6.16. The maximum Gasteiger partial charge on any atom is 0.187 e. The third-order valence-electron chi connectivity index (χ3n) is 4.36. The summed E-state index contributed by atoms with van der Waals surface area (Å²) < 4.78 is 21.1. The molecule has 0 bridgehead atoms. The van der Waals surface area contributed by atoms with E-state index in [1.165, 1.54) is 0 Å². The van der Waals surface area contributed by atoms with Crippen LogP contribution >= 0.6 is 0 Å². The highest BCUT2D eigenvalue weighted by Gasteiger charge is 2.50. The lowest BCUT2D eigenvalue weighted by atomic mass is 9.97. The summed E-state index contributed by atoms with van der Waals surface area (Å²) in [5.74, 6) is 0. The minimum Gasteiger partial charge on any atom is -0.394 e. The molecule has 0 saturated carbocycles. The number of ether oxygens (including phenoxy) is 4. The smallest absolute Gasteiger partial charge is 0.187 e. The number of rotatable bonds is 7. The fourth-order valence-corrected chi connectivity index (χ4v) is 2.88. The molecule has 2 heterocycles. The highest BCUT2D eigenvalue weighted by atomic mass is 16.7. The predicted octanol–water partition coefficient (Wildman–Crippen LogP) is -5.41. The molecule has 0 radical (unpaired) electrons. The van der Waals surface area contributed by atoms with Crippen molar-refractivity contribution in [3.63, 3.8) is 0 Å². The van der Waals surface area contributed by atoms with Crippen LogP contribution in [0.1, 0.15) is 0 Å². The number of aliphatic hydroxyl groups is 7. The molecule has 9 N–H and O–H groups in total. The molecule has 2 fully saturated rings. The van der Waals surface area contributed by atoms with E-state index in [0.29, 0.717) is 0 Å². The fraction of sp³-hybridized carbons (Fsp3) is 1.00. The van der Waals surface area contributed by atoms with Gasteiger partial charge in [-0.15, -0.1) is 0 Å². The molecule has 154 valence electrons. The predicted molar refractivity (Wildman–Crippen MR) is 81.4 cm³/mol. The van der Waals surface area contributed by atoms with E-state index in [4.69, 9.17) is 24.7 Å². The summed E-state index contributed by atoms with van der Waals surface area (Å²) in [7, 11) is 0. The first-order valence-electron chi connectivity index (χ1n) is 8.25. The molecule has 2 saturated heterocycles. The fourth-order valence-electron chi connectivity index (χ4n) is 2.88. The molecule has 0 aromatic carbocycles. The van der Waals surface area contributed by atoms with Gasteiger partial charge in [-0.3, -0.25) is 0 Å². The van der Waals surface area contributed by atoms with Gasteiger partial charge < -0.3 is 60.4 Å². The van der Waals surface area contributed by atoms with Crippen LogP contribution in [-0.4, -0.2) is 124 Å². The maximum absolute atomic E-state index is 10.3. The lowest BCUT2D eigenvalue weighted by molar-refractivity contribution is -0.359. The van der Waals surface area contributed by atoms with Gasteiger partial charge in [-0.05, 0) is 0 Å². The van der Waals surface area contributed by atoms with Gasteiger partial charge in [0.15, 0.2) is 12.6 Å². The molecule has 2 aliphatic heterocycles. The molecule has 0 amide bonds. The van der Waals surface area contributed by atoms with Crippen molar-refractivity contribution < 1.29 is 54.7 Å². The van der Waals surface area contributed by atoms with Crippen LogP contribution in [0.2, 0.25) is 0 Å². The van der Waals surface area contributed by atoms with Crippen LogP contribution in [0, 0.1) is 0 Å². The highest BCUT2D eigenvalue weighted by Crippen LogP contribution is 2.29. The zero-order chi connectivity index (χ0) is 19.4. The van der Waals surface area contributed by atoms with Crippen molar-refractivity contribution in [1.82, 2.24) is 0 Å². The van der Waals surface area contributed by atoms with Crippen LogP contribution in [0.5, 0.6) is 0 Å². The van der Waals surface area contributed by atoms with Crippen molar-refractivity contribution >= 4 is 0 Å². The molecular weight excluding hydrogens is 358 g/mol. The van der Waals surface area contributed by atoms with Crippen LogP contribution in [0.15, 0.2) is 0 Å². The largest absolute Gasteiger partial charge is 0.394 e. The Bertz CT molecular complexity index is 426. The minimum atomic E-state index is -1.71. The first kappa shape index (κ1) is 21.8. The van der Waals surface area contributed by atoms with E-state index in [9.17, 15) is 35.7 Å². The zero-order valence-corrected chi connectivity index (χ0v) is 13.9. The van der Waals surface area contributed by atoms with Crippen molar-refractivity contribution in [2.45, 2.75) is 61.4 Å². The van der Waals surface area contributed by atoms with E-state index < -0.39 is 74.6 Å². The third-order valence-corrected chi connectivity index (χ3v) is 4.36. The Morgan fingerprint density at radius 3 is 1.88 bits per heavy atom. The summed E-state index contributed by atoms with van der Waals surface area (Å²) in [6.45, 7) is -1.08. The summed E-state index contributed by atoms with van der Waals surface area (Å²) >= 11 is 0. The Kier molecular flexibility index (Phi) is 8.08. The average molecular weight is 385 g/mol. The lowest BCUT2D eigenvalue weighted by Crippen LogP contribution is -2.64. The number of aliphatic hydroxyl groups excluding tert-OH is 7. The average Bonchev–Trinajstić information content (AvgIpc) is 2.64. The van der Waals surface area contributed by atoms with Crippen molar-refractivity contribution in [3.05, 3.63) is 0 Å². The van der Waals surface area contributed by atoms with E-state index in [1.807, 2.05) is 0 Å². The second-order valence-electron chi connectivity index (χ2n) is 6.16. The molecule has 26 heavy (non-hydrogen) atoms. The molecule has 10 atom stereocenters. The normalized spacial score (nSPS) is 47.1. The first-order chi connectivity index (χ1) is 12.3. The Hall–Kier alpha value is -0.480. The zero-order valence-electron chi connectivity index (χ0n) is 13.9. The highest BCUT2D eigenvalue weighted by molar-refractivity contribution is 4.94. The maximum atomic E-state index is 10.3. The van der Waals surface area contributed by atoms with Crippen LogP contribution in [-0.2, 0) is 18.9 Å². The van der Waals surface area contributed by atoms with Crippen LogP contribution < -0.4 is 5.73 Å². The van der Waals surface area contributed by atoms with Gasteiger partial charge in [-0.25, -0.2) is 0 Å². The third kappa shape index (κ3) is 4.49. The molecule has 2 aliphatic rings. The van der Waals surface area contributed by atoms with E-state index in [0.717, 1.165) is 0 Å². The summed E-state index contributed by atoms with van der Waals surface area (Å²) in [6.07, 6.45) is -14.6. The molecule has 0 aliphatic carbocycles. The van der Waals surface area contributed by atoms with Crippen molar-refractivity contribution in [3.8, 4) is 0 Å². The van der Waals surface area contributed by atoms with Crippen LogP contribution in [0.25, 0.3) is 0 Å². The standard InChI is InChI=1S/C14H27NO11/c15-1-2-23-13-11(22)9(20)12(6(4-17)25-13)26-14-10(21)8(19)7(18)5(3-16)24-14/h5-14,16-22H,1-4,15H2/t5-,6-,7-,8+,9-,10-,11-,12-,13+,14+/m1/s1. The molecule has 12 nitrogen and oxygen atoms in total. The Morgan fingerprint density at radius 2 is 1.31 bits per heavy atom. The molecule has 0 unspecified atom stereocenters. The lowest BCUT2D eigenvalue weighted by Gasteiger charge is -2.45. The van der Waals surface area contributed by atoms with Gasteiger partial charge in [0.2, 0.25) is 0 Å². The quantitative estimate of drug-likeness (QED) is 0.207. The van der Waals surface area contributed by atoms with Gasteiger partial charge in [0.05, 0.1) is 19.8 Å². The van der Waals surface area contributed by atoms with E-state index in [2.05, 4.69) is 0 Å². The molecule has 12 heteroatoms. The van der Waals surface area contributed by atoms with Gasteiger partial charge in [0.1, 0.15) is 48.8 Å². The van der Waals surface area contributed by atoms with E-state index in [-0.39, 0.29) is 13.2 Å². The minimum absolute atomic E-state index is 0.0465. The van der Waals surface area contributed by atoms with Gasteiger partial charge in [-0.1, -0.05) is 0 Å². The molecule has 0 aromatic heterocycles. The summed E-state index contributed by atoms with van der Waals surface area (Å²) in [4.78, 5) is 0. The van der Waals surface area contributed by atoms with Gasteiger partial charge in [-0.2, -0.15) is 0 Å². The first-order valence-corrected chi connectivity index (χ1v) is 8.25. The Labute approximate surface area is 149 Å². The monoisotopic (exact) mass is 385 g/mol. The molecular formula is C14H27NO11. The van der Waals surface area contributed by atoms with E-state index in [1.54, 1.807) is 0 Å². The molecule has 0 spiro atoms. The van der Waals surface area contributed by atoms with E-state index >= 15 is 0 Å². The number of hydrogen-bond donors (Lipinski definition) is 8. The molecule has 2 rings (SSSR count). The summed E-state index contributed by atoms with van der Waals surface area (Å²) in [5.41, 5.74) is 5.30. The van der Waals surface area contributed by atoms with Gasteiger partial charge in [0.25, 0.3) is 0 Å². The van der Waals surface area contributed by atoms with Crippen LogP contribution in [0.4, 0.5) is 0 Å². The topological polar surface area (TPSA) is 205 Å². The number of nitrogens with two attached hydrogens (primary N) is 1. The summed E-state index contributed by atoms with van der Waals surface area (Å²) in [6, 6.07) is 0. The molecule has 0 aromatic rings. The second kappa shape index (κ2) is 9.64. The number of hydrogen-bond acceptors (Lipinski definition) is 12. The van der Waals surface area contributed by atoms with Crippen molar-refractivity contribution in [1.29, 1.82) is 0 Å².